The second-order valence-electron chi connectivity index (χ2n) is 4.83. The Morgan fingerprint density at radius 3 is 2.48 bits per heavy atom. The Balaban J connectivity index is 2.21. The van der Waals surface area contributed by atoms with Crippen LogP contribution in [0.15, 0.2) is 58.5 Å². The van der Waals surface area contributed by atoms with Crippen LogP contribution in [0.25, 0.3) is 0 Å². The highest BCUT2D eigenvalue weighted by molar-refractivity contribution is 6.05. The highest BCUT2D eigenvalue weighted by Gasteiger charge is 2.08. The first kappa shape index (κ1) is 16.0. The van der Waals surface area contributed by atoms with Gasteiger partial charge >= 0.3 is 0 Å². The summed E-state index contributed by atoms with van der Waals surface area (Å²) in [5.41, 5.74) is 18.7. The Kier molecular flexibility index (Phi) is 4.93. The van der Waals surface area contributed by atoms with Gasteiger partial charge in [0.25, 0.3) is 5.91 Å². The summed E-state index contributed by atoms with van der Waals surface area (Å²) in [4.78, 5) is 20.0. The molecule has 118 valence electrons. The molecular formula is C16H18N6O. The van der Waals surface area contributed by atoms with Gasteiger partial charge in [0, 0.05) is 11.3 Å². The third-order valence-electron chi connectivity index (χ3n) is 2.99. The van der Waals surface area contributed by atoms with E-state index < -0.39 is 0 Å². The molecule has 0 unspecified atom stereocenters. The van der Waals surface area contributed by atoms with Crippen LogP contribution in [-0.2, 0) is 0 Å². The smallest absolute Gasteiger partial charge is 0.255 e. The molecule has 0 fully saturated rings. The van der Waals surface area contributed by atoms with Crippen molar-refractivity contribution in [3.05, 3.63) is 59.7 Å². The number of hydrogen-bond acceptors (Lipinski definition) is 2. The van der Waals surface area contributed by atoms with Crippen LogP contribution in [0.4, 0.5) is 11.4 Å². The zero-order chi connectivity index (χ0) is 16.8. The highest BCUT2D eigenvalue weighted by atomic mass is 16.1. The van der Waals surface area contributed by atoms with Gasteiger partial charge in [-0.25, -0.2) is 4.99 Å². The molecule has 7 heteroatoms. The Morgan fingerprint density at radius 2 is 1.78 bits per heavy atom. The van der Waals surface area contributed by atoms with E-state index in [9.17, 15) is 4.79 Å². The van der Waals surface area contributed by atoms with E-state index in [0.29, 0.717) is 11.3 Å². The van der Waals surface area contributed by atoms with E-state index in [0.717, 1.165) is 11.3 Å². The number of aryl methyl sites for hydroxylation is 1. The largest absolute Gasteiger partial charge is 0.370 e. The van der Waals surface area contributed by atoms with Crippen LogP contribution >= 0.6 is 0 Å². The summed E-state index contributed by atoms with van der Waals surface area (Å²) in [6, 6.07) is 14.2. The van der Waals surface area contributed by atoms with Gasteiger partial charge in [-0.3, -0.25) is 4.79 Å². The van der Waals surface area contributed by atoms with Gasteiger partial charge in [-0.05, 0) is 36.8 Å². The van der Waals surface area contributed by atoms with E-state index in [4.69, 9.17) is 17.2 Å². The quantitative estimate of drug-likeness (QED) is 0.504. The van der Waals surface area contributed by atoms with Gasteiger partial charge in [-0.2, -0.15) is 4.99 Å². The van der Waals surface area contributed by atoms with Crippen molar-refractivity contribution >= 4 is 29.2 Å². The lowest BCUT2D eigenvalue weighted by atomic mass is 10.1. The second kappa shape index (κ2) is 7.08. The zero-order valence-corrected chi connectivity index (χ0v) is 12.7. The summed E-state index contributed by atoms with van der Waals surface area (Å²) in [5, 5.41) is 2.85. The minimum atomic E-state index is -0.239. The van der Waals surface area contributed by atoms with Crippen molar-refractivity contribution in [3.8, 4) is 0 Å². The fourth-order valence-corrected chi connectivity index (χ4v) is 1.91. The number of carbonyl (C=O) groups is 1. The molecule has 7 N–H and O–H groups in total. The average Bonchev–Trinajstić information content (AvgIpc) is 2.49. The predicted octanol–water partition coefficient (Wildman–Crippen LogP) is 1.47. The van der Waals surface area contributed by atoms with Crippen molar-refractivity contribution < 1.29 is 4.79 Å². The van der Waals surface area contributed by atoms with E-state index in [1.165, 1.54) is 0 Å². The molecule has 0 aliphatic rings. The molecule has 0 atom stereocenters. The van der Waals surface area contributed by atoms with Crippen LogP contribution in [0, 0.1) is 6.92 Å². The molecule has 2 aromatic rings. The maximum Gasteiger partial charge on any atom is 0.255 e. The van der Waals surface area contributed by atoms with Crippen molar-refractivity contribution in [2.24, 2.45) is 27.2 Å². The summed E-state index contributed by atoms with van der Waals surface area (Å²) in [7, 11) is 0. The number of para-hydroxylation sites is 1. The first-order valence-corrected chi connectivity index (χ1v) is 6.86. The van der Waals surface area contributed by atoms with E-state index in [2.05, 4.69) is 15.3 Å². The fraction of sp³-hybridized carbons (Fsp3) is 0.0625. The maximum absolute atomic E-state index is 12.3. The lowest BCUT2D eigenvalue weighted by molar-refractivity contribution is 0.102. The molecule has 0 radical (unpaired) electrons. The Labute approximate surface area is 133 Å². The minimum absolute atomic E-state index is 0.0820. The number of rotatable bonds is 3. The van der Waals surface area contributed by atoms with Crippen LogP contribution in [0.3, 0.4) is 0 Å². The standard InChI is InChI=1S/C16H18N6O/c1-10-5-2-3-8-13(10)21-14(23)11-6-4-7-12(9-11)20-16(19)22-15(17)18/h2-9H,1H3,(H,21,23)(H6,17,18,19,20,22). The van der Waals surface area contributed by atoms with E-state index in [1.807, 2.05) is 31.2 Å². The Bertz CT molecular complexity index is 778. The van der Waals surface area contributed by atoms with E-state index in [-0.39, 0.29) is 17.8 Å². The van der Waals surface area contributed by atoms with Gasteiger partial charge in [0.2, 0.25) is 5.96 Å². The number of hydrogen-bond donors (Lipinski definition) is 4. The summed E-state index contributed by atoms with van der Waals surface area (Å²) >= 11 is 0. The van der Waals surface area contributed by atoms with Crippen LogP contribution < -0.4 is 22.5 Å². The van der Waals surface area contributed by atoms with Crippen LogP contribution in [0.2, 0.25) is 0 Å². The molecule has 0 aliphatic heterocycles. The maximum atomic E-state index is 12.3. The Hall–Kier alpha value is -3.35. The SMILES string of the molecule is Cc1ccccc1NC(=O)c1cccc(N=C(N)N=C(N)N)c1. The van der Waals surface area contributed by atoms with Gasteiger partial charge in [-0.15, -0.1) is 0 Å². The fourth-order valence-electron chi connectivity index (χ4n) is 1.91. The monoisotopic (exact) mass is 310 g/mol. The molecule has 2 rings (SSSR count). The molecule has 0 heterocycles. The number of carbonyl (C=O) groups excluding carboxylic acids is 1. The predicted molar refractivity (Wildman–Crippen MR) is 92.7 cm³/mol. The molecule has 0 aromatic heterocycles. The third-order valence-corrected chi connectivity index (χ3v) is 2.99. The summed E-state index contributed by atoms with van der Waals surface area (Å²) in [5.74, 6) is -0.502. The molecule has 0 saturated carbocycles. The van der Waals surface area contributed by atoms with Crippen molar-refractivity contribution in [2.45, 2.75) is 6.92 Å². The number of guanidine groups is 2. The van der Waals surface area contributed by atoms with E-state index >= 15 is 0 Å². The highest BCUT2D eigenvalue weighted by Crippen LogP contribution is 2.18. The number of anilines is 1. The first-order valence-electron chi connectivity index (χ1n) is 6.86. The molecule has 1 amide bonds. The lowest BCUT2D eigenvalue weighted by Crippen LogP contribution is -2.26. The summed E-state index contributed by atoms with van der Waals surface area (Å²) in [6.07, 6.45) is 0. The van der Waals surface area contributed by atoms with Crippen molar-refractivity contribution in [1.82, 2.24) is 0 Å². The topological polar surface area (TPSA) is 132 Å². The number of benzene rings is 2. The average molecular weight is 310 g/mol. The van der Waals surface area contributed by atoms with Crippen molar-refractivity contribution in [3.63, 3.8) is 0 Å². The van der Waals surface area contributed by atoms with Crippen LogP contribution in [0.5, 0.6) is 0 Å². The first-order chi connectivity index (χ1) is 11.0. The number of nitrogens with two attached hydrogens (primary N) is 3. The van der Waals surface area contributed by atoms with Crippen molar-refractivity contribution in [1.29, 1.82) is 0 Å². The van der Waals surface area contributed by atoms with E-state index in [1.54, 1.807) is 24.3 Å². The number of amides is 1. The second-order valence-corrected chi connectivity index (χ2v) is 4.83. The van der Waals surface area contributed by atoms with Gasteiger partial charge < -0.3 is 22.5 Å². The van der Waals surface area contributed by atoms with Gasteiger partial charge in [0.1, 0.15) is 0 Å². The molecule has 7 nitrogen and oxygen atoms in total. The van der Waals surface area contributed by atoms with Crippen LogP contribution in [0.1, 0.15) is 15.9 Å². The number of nitrogens with zero attached hydrogens (tertiary/aromatic N) is 2. The minimum Gasteiger partial charge on any atom is -0.370 e. The normalized spacial score (nSPS) is 10.9. The van der Waals surface area contributed by atoms with Crippen LogP contribution in [-0.4, -0.2) is 17.8 Å². The molecule has 0 bridgehead atoms. The molecular weight excluding hydrogens is 292 g/mol. The lowest BCUT2D eigenvalue weighted by Gasteiger charge is -2.08. The molecule has 0 aliphatic carbocycles. The summed E-state index contributed by atoms with van der Waals surface area (Å²) < 4.78 is 0. The molecule has 0 saturated heterocycles. The molecule has 0 spiro atoms. The van der Waals surface area contributed by atoms with Crippen molar-refractivity contribution in [2.75, 3.05) is 5.32 Å². The Morgan fingerprint density at radius 1 is 1.04 bits per heavy atom. The summed E-state index contributed by atoms with van der Waals surface area (Å²) in [6.45, 7) is 1.92. The van der Waals surface area contributed by atoms with Gasteiger partial charge in [-0.1, -0.05) is 24.3 Å². The number of aliphatic imine (C=N–C) groups is 2. The third kappa shape index (κ3) is 4.57. The molecule has 23 heavy (non-hydrogen) atoms. The van der Waals surface area contributed by atoms with Gasteiger partial charge in [0.05, 0.1) is 5.69 Å². The van der Waals surface area contributed by atoms with Gasteiger partial charge in [0.15, 0.2) is 5.96 Å². The number of nitrogens with one attached hydrogen (secondary N) is 1. The zero-order valence-electron chi connectivity index (χ0n) is 12.7. The molecule has 2 aromatic carbocycles.